The highest BCUT2D eigenvalue weighted by molar-refractivity contribution is 8.14. The molecule has 1 amide bonds. The van der Waals surface area contributed by atoms with Crippen LogP contribution in [-0.2, 0) is 11.2 Å². The van der Waals surface area contributed by atoms with Gasteiger partial charge in [-0.15, -0.1) is 16.9 Å². The molecule has 1 heterocycles. The first-order valence-corrected chi connectivity index (χ1v) is 11.4. The van der Waals surface area contributed by atoms with Crippen molar-refractivity contribution in [2.75, 3.05) is 26.5 Å². The van der Waals surface area contributed by atoms with Crippen LogP contribution in [0.15, 0.2) is 58.7 Å². The summed E-state index contributed by atoms with van der Waals surface area (Å²) in [6.45, 7) is 2.33. The summed E-state index contributed by atoms with van der Waals surface area (Å²) in [5.41, 5.74) is 2.27. The number of Topliss-reactive ketones (excluding diaryl/α,β-unsaturated/α-hetero) is 1. The molecule has 1 aliphatic heterocycles. The fraction of sp³-hybridized carbons (Fsp3) is 0.333. The Bertz CT molecular complexity index is 1020. The maximum absolute atomic E-state index is 12.6. The molecule has 168 valence electrons. The Morgan fingerprint density at radius 1 is 1.03 bits per heavy atom. The van der Waals surface area contributed by atoms with Crippen LogP contribution in [0.4, 0.5) is 0 Å². The molecule has 0 fully saturated rings. The molecule has 0 bridgehead atoms. The van der Waals surface area contributed by atoms with Crippen molar-refractivity contribution in [3.8, 4) is 11.5 Å². The van der Waals surface area contributed by atoms with Crippen molar-refractivity contribution in [3.05, 3.63) is 59.7 Å². The molecule has 0 saturated heterocycles. The van der Waals surface area contributed by atoms with Crippen LogP contribution in [0.3, 0.4) is 0 Å². The molecular weight excluding hydrogens is 426 g/mol. The number of nitrogens with one attached hydrogen (secondary N) is 1. The number of hydrogen-bond acceptors (Lipinski definition) is 7. The topological polar surface area (TPSA) is 89.3 Å². The molecule has 0 radical (unpaired) electrons. The Morgan fingerprint density at radius 3 is 2.47 bits per heavy atom. The van der Waals surface area contributed by atoms with Crippen LogP contribution in [0.5, 0.6) is 11.5 Å². The molecule has 1 aliphatic rings. The monoisotopic (exact) mass is 453 g/mol. The normalized spacial score (nSPS) is 15.0. The van der Waals surface area contributed by atoms with Crippen LogP contribution in [0.1, 0.15) is 29.3 Å². The van der Waals surface area contributed by atoms with E-state index in [4.69, 9.17) is 9.47 Å². The van der Waals surface area contributed by atoms with Crippen molar-refractivity contribution in [1.29, 1.82) is 0 Å². The molecule has 7 nitrogen and oxygen atoms in total. The Labute approximate surface area is 192 Å². The maximum atomic E-state index is 12.6. The van der Waals surface area contributed by atoms with Gasteiger partial charge in [-0.1, -0.05) is 37.3 Å². The van der Waals surface area contributed by atoms with Crippen LogP contribution in [0.25, 0.3) is 0 Å². The number of thioether (sulfide) groups is 1. The molecule has 1 N–H and O–H groups in total. The van der Waals surface area contributed by atoms with Crippen molar-refractivity contribution in [3.63, 3.8) is 0 Å². The number of amides is 1. The summed E-state index contributed by atoms with van der Waals surface area (Å²) in [7, 11) is 3.07. The van der Waals surface area contributed by atoms with Gasteiger partial charge in [0.2, 0.25) is 0 Å². The number of ketones is 1. The zero-order valence-electron chi connectivity index (χ0n) is 18.5. The molecule has 0 aromatic heterocycles. The summed E-state index contributed by atoms with van der Waals surface area (Å²) >= 11 is 1.43. The van der Waals surface area contributed by atoms with Gasteiger partial charge in [-0.2, -0.15) is 5.10 Å². The Hall–Kier alpha value is -3.13. The zero-order valence-corrected chi connectivity index (χ0v) is 19.3. The van der Waals surface area contributed by atoms with E-state index in [-0.39, 0.29) is 24.2 Å². The van der Waals surface area contributed by atoms with Gasteiger partial charge in [-0.25, -0.2) is 0 Å². The quantitative estimate of drug-likeness (QED) is 0.591. The summed E-state index contributed by atoms with van der Waals surface area (Å²) in [6, 6.07) is 14.7. The molecule has 3 rings (SSSR count). The van der Waals surface area contributed by atoms with Crippen molar-refractivity contribution in [2.24, 2.45) is 16.1 Å². The first kappa shape index (κ1) is 23.5. The van der Waals surface area contributed by atoms with Gasteiger partial charge < -0.3 is 14.8 Å². The minimum atomic E-state index is -0.234. The van der Waals surface area contributed by atoms with E-state index in [2.05, 4.69) is 15.5 Å². The summed E-state index contributed by atoms with van der Waals surface area (Å²) in [4.78, 5) is 24.9. The van der Waals surface area contributed by atoms with E-state index in [0.29, 0.717) is 29.2 Å². The number of carbonyl (C=O) groups excluding carboxylic acids is 2. The van der Waals surface area contributed by atoms with E-state index < -0.39 is 0 Å². The van der Waals surface area contributed by atoms with Crippen LogP contribution in [0.2, 0.25) is 0 Å². The van der Waals surface area contributed by atoms with Crippen molar-refractivity contribution in [2.45, 2.75) is 19.8 Å². The predicted octanol–water partition coefficient (Wildman–Crippen LogP) is 3.77. The molecule has 1 unspecified atom stereocenters. The second kappa shape index (κ2) is 11.5. The largest absolute Gasteiger partial charge is 0.493 e. The smallest absolute Gasteiger partial charge is 0.251 e. The lowest BCUT2D eigenvalue weighted by Crippen LogP contribution is -2.33. The van der Waals surface area contributed by atoms with E-state index in [1.54, 1.807) is 25.3 Å². The number of hydrogen-bond donors (Lipinski definition) is 1. The van der Waals surface area contributed by atoms with Gasteiger partial charge in [0.25, 0.3) is 5.91 Å². The molecule has 2 aromatic carbocycles. The van der Waals surface area contributed by atoms with E-state index >= 15 is 0 Å². The second-order valence-corrected chi connectivity index (χ2v) is 8.23. The summed E-state index contributed by atoms with van der Waals surface area (Å²) in [5, 5.41) is 12.3. The van der Waals surface area contributed by atoms with Gasteiger partial charge in [0.15, 0.2) is 11.5 Å². The minimum absolute atomic E-state index is 0.00947. The minimum Gasteiger partial charge on any atom is -0.493 e. The maximum Gasteiger partial charge on any atom is 0.251 e. The first-order chi connectivity index (χ1) is 15.5. The predicted molar refractivity (Wildman–Crippen MR) is 128 cm³/mol. The highest BCUT2D eigenvalue weighted by Gasteiger charge is 2.27. The standard InChI is InChI=1S/C24H27N3O4S/c1-4-19-20(14-25-23(29)17-10-11-21(30-2)22(13-17)31-3)26-27-24(19)32-15-18(28)12-16-8-6-5-7-9-16/h5-11,13,19H,4,12,14-15H2,1-3H3,(H,25,29). The average molecular weight is 454 g/mol. The molecule has 0 saturated carbocycles. The summed E-state index contributed by atoms with van der Waals surface area (Å²) in [6.07, 6.45) is 1.21. The third-order valence-electron chi connectivity index (χ3n) is 5.09. The zero-order chi connectivity index (χ0) is 22.9. The lowest BCUT2D eigenvalue weighted by molar-refractivity contribution is -0.115. The molecule has 2 aromatic rings. The summed E-state index contributed by atoms with van der Waals surface area (Å²) < 4.78 is 10.5. The van der Waals surface area contributed by atoms with E-state index in [9.17, 15) is 9.59 Å². The summed E-state index contributed by atoms with van der Waals surface area (Å²) in [5.74, 6) is 1.33. The van der Waals surface area contributed by atoms with Crippen LogP contribution in [-0.4, -0.2) is 49.0 Å². The van der Waals surface area contributed by atoms with E-state index in [1.165, 1.54) is 18.9 Å². The average Bonchev–Trinajstić information content (AvgIpc) is 3.23. The number of benzene rings is 2. The highest BCUT2D eigenvalue weighted by atomic mass is 32.2. The highest BCUT2D eigenvalue weighted by Crippen LogP contribution is 2.28. The van der Waals surface area contributed by atoms with Crippen molar-refractivity contribution >= 4 is 34.2 Å². The van der Waals surface area contributed by atoms with Crippen LogP contribution >= 0.6 is 11.8 Å². The van der Waals surface area contributed by atoms with Gasteiger partial charge in [-0.3, -0.25) is 9.59 Å². The Kier molecular flexibility index (Phi) is 8.44. The third-order valence-corrected chi connectivity index (χ3v) is 6.21. The van der Waals surface area contributed by atoms with Gasteiger partial charge in [-0.05, 0) is 30.2 Å². The SMILES string of the molecule is CCC1C(CNC(=O)c2ccc(OC)c(OC)c2)=NN=C1SCC(=O)Cc1ccccc1. The first-order valence-electron chi connectivity index (χ1n) is 10.4. The van der Waals surface area contributed by atoms with Gasteiger partial charge in [0.05, 0.1) is 38.1 Å². The Balaban J connectivity index is 1.51. The van der Waals surface area contributed by atoms with Gasteiger partial charge >= 0.3 is 0 Å². The number of rotatable bonds is 10. The molecular formula is C24H27N3O4S. The fourth-order valence-corrected chi connectivity index (χ4v) is 4.39. The number of carbonyl (C=O) groups is 2. The van der Waals surface area contributed by atoms with Crippen molar-refractivity contribution in [1.82, 2.24) is 5.32 Å². The van der Waals surface area contributed by atoms with Crippen LogP contribution in [0, 0.1) is 5.92 Å². The molecule has 8 heteroatoms. The van der Waals surface area contributed by atoms with Gasteiger partial charge in [0, 0.05) is 12.0 Å². The third kappa shape index (κ3) is 5.97. The molecule has 0 spiro atoms. The number of methoxy groups -OCH3 is 2. The van der Waals surface area contributed by atoms with Crippen molar-refractivity contribution < 1.29 is 19.1 Å². The number of ether oxygens (including phenoxy) is 2. The lowest BCUT2D eigenvalue weighted by Gasteiger charge is -2.14. The van der Waals surface area contributed by atoms with Gasteiger partial charge in [0.1, 0.15) is 10.8 Å². The molecule has 32 heavy (non-hydrogen) atoms. The van der Waals surface area contributed by atoms with E-state index in [1.807, 2.05) is 37.3 Å². The lowest BCUT2D eigenvalue weighted by atomic mass is 10.0. The van der Waals surface area contributed by atoms with Crippen LogP contribution < -0.4 is 14.8 Å². The molecule has 1 atom stereocenters. The number of nitrogens with zero attached hydrogens (tertiary/aromatic N) is 2. The molecule has 0 aliphatic carbocycles. The van der Waals surface area contributed by atoms with E-state index in [0.717, 1.165) is 22.7 Å². The Morgan fingerprint density at radius 2 is 1.78 bits per heavy atom. The second-order valence-electron chi connectivity index (χ2n) is 7.23. The fourth-order valence-electron chi connectivity index (χ4n) is 3.37.